The highest BCUT2D eigenvalue weighted by atomic mass is 35.5. The largest absolute Gasteiger partial charge is 0.389 e. The Hall–Kier alpha value is -0.810. The van der Waals surface area contributed by atoms with E-state index in [1.807, 2.05) is 0 Å². The molecule has 0 saturated heterocycles. The first-order valence-corrected chi connectivity index (χ1v) is 4.88. The van der Waals surface area contributed by atoms with Crippen molar-refractivity contribution in [1.82, 2.24) is 0 Å². The summed E-state index contributed by atoms with van der Waals surface area (Å²) in [6.07, 6.45) is -5.41. The van der Waals surface area contributed by atoms with Crippen LogP contribution in [0.5, 0.6) is 0 Å². The van der Waals surface area contributed by atoms with E-state index in [0.29, 0.717) is 11.1 Å². The van der Waals surface area contributed by atoms with E-state index in [1.54, 1.807) is 6.07 Å². The van der Waals surface area contributed by atoms with Crippen molar-refractivity contribution in [1.29, 1.82) is 0 Å². The summed E-state index contributed by atoms with van der Waals surface area (Å²) in [4.78, 5) is 0. The lowest BCUT2D eigenvalue weighted by Crippen LogP contribution is -2.17. The molecule has 1 rings (SSSR count). The van der Waals surface area contributed by atoms with Crippen LogP contribution < -0.4 is 5.73 Å². The van der Waals surface area contributed by atoms with Gasteiger partial charge in [0.25, 0.3) is 0 Å². The van der Waals surface area contributed by atoms with Gasteiger partial charge in [-0.05, 0) is 30.5 Å². The van der Waals surface area contributed by atoms with Gasteiger partial charge in [-0.3, -0.25) is 0 Å². The van der Waals surface area contributed by atoms with Gasteiger partial charge < -0.3 is 5.73 Å². The van der Waals surface area contributed by atoms with E-state index in [-0.39, 0.29) is 18.8 Å². The molecule has 0 radical (unpaired) electrons. The van der Waals surface area contributed by atoms with Gasteiger partial charge in [0.2, 0.25) is 0 Å². The molecule has 0 aliphatic rings. The van der Waals surface area contributed by atoms with Gasteiger partial charge in [-0.1, -0.05) is 12.1 Å². The molecule has 0 fully saturated rings. The van der Waals surface area contributed by atoms with Crippen LogP contribution in [0, 0.1) is 12.7 Å². The second kappa shape index (κ2) is 6.21. The summed E-state index contributed by atoms with van der Waals surface area (Å²) in [5, 5.41) is 0. The molecular weight excluding hydrogens is 258 g/mol. The Kier molecular flexibility index (Phi) is 5.92. The van der Waals surface area contributed by atoms with Crippen molar-refractivity contribution < 1.29 is 17.6 Å². The fourth-order valence-electron chi connectivity index (χ4n) is 1.50. The van der Waals surface area contributed by atoms with E-state index in [4.69, 9.17) is 5.73 Å². The van der Waals surface area contributed by atoms with Crippen LogP contribution in [-0.2, 0) is 0 Å². The van der Waals surface area contributed by atoms with Crippen LogP contribution in [0.3, 0.4) is 0 Å². The maximum absolute atomic E-state index is 13.1. The van der Waals surface area contributed by atoms with E-state index >= 15 is 0 Å². The molecule has 0 saturated carbocycles. The summed E-state index contributed by atoms with van der Waals surface area (Å²) in [6, 6.07) is 3.48. The molecule has 1 aromatic rings. The van der Waals surface area contributed by atoms with Crippen molar-refractivity contribution in [3.63, 3.8) is 0 Å². The van der Waals surface area contributed by atoms with Crippen LogP contribution in [-0.4, -0.2) is 6.18 Å². The van der Waals surface area contributed by atoms with Gasteiger partial charge in [-0.15, -0.1) is 12.4 Å². The molecule has 6 heteroatoms. The molecule has 0 spiro atoms. The third-order valence-corrected chi connectivity index (χ3v) is 2.45. The monoisotopic (exact) mass is 271 g/mol. The van der Waals surface area contributed by atoms with Crippen LogP contribution in [0.25, 0.3) is 0 Å². The second-order valence-electron chi connectivity index (χ2n) is 3.71. The number of hydrogen-bond donors (Lipinski definition) is 1. The minimum Gasteiger partial charge on any atom is -0.324 e. The molecular formula is C11H14ClF4N. The zero-order valence-corrected chi connectivity index (χ0v) is 10.0. The maximum Gasteiger partial charge on any atom is 0.389 e. The predicted octanol–water partition coefficient (Wildman–Crippen LogP) is 3.90. The highest BCUT2D eigenvalue weighted by molar-refractivity contribution is 5.85. The zero-order valence-electron chi connectivity index (χ0n) is 9.22. The predicted molar refractivity (Wildman–Crippen MR) is 60.6 cm³/mol. The minimum absolute atomic E-state index is 0. The van der Waals surface area contributed by atoms with Crippen LogP contribution in [0.4, 0.5) is 17.6 Å². The van der Waals surface area contributed by atoms with Gasteiger partial charge in [0, 0.05) is 12.5 Å². The number of hydrogen-bond acceptors (Lipinski definition) is 1. The molecule has 0 aromatic heterocycles. The standard InChI is InChI=1S/C11H13F4N.ClH/c1-7-8(3-2-4-9(7)12)10(16)5-6-11(13,14)15;/h2-4,10H,5-6,16H2,1H3;1H/t10-;/m0./s1. The van der Waals surface area contributed by atoms with Crippen molar-refractivity contribution in [3.8, 4) is 0 Å². The molecule has 1 nitrogen and oxygen atoms in total. The average Bonchev–Trinajstić information content (AvgIpc) is 2.17. The fourth-order valence-corrected chi connectivity index (χ4v) is 1.50. The highest BCUT2D eigenvalue weighted by Gasteiger charge is 2.28. The Bertz CT molecular complexity index is 365. The molecule has 0 aliphatic heterocycles. The minimum atomic E-state index is -4.22. The Labute approximate surface area is 103 Å². The van der Waals surface area contributed by atoms with Crippen LogP contribution in [0.2, 0.25) is 0 Å². The van der Waals surface area contributed by atoms with Crippen molar-refractivity contribution in [3.05, 3.63) is 35.1 Å². The van der Waals surface area contributed by atoms with Crippen LogP contribution in [0.15, 0.2) is 18.2 Å². The van der Waals surface area contributed by atoms with Gasteiger partial charge in [0.15, 0.2) is 0 Å². The van der Waals surface area contributed by atoms with Gasteiger partial charge in [-0.2, -0.15) is 13.2 Å². The molecule has 1 atom stereocenters. The number of nitrogens with two attached hydrogens (primary N) is 1. The third-order valence-electron chi connectivity index (χ3n) is 2.45. The van der Waals surface area contributed by atoms with Crippen molar-refractivity contribution >= 4 is 12.4 Å². The summed E-state index contributed by atoms with van der Waals surface area (Å²) in [6.45, 7) is 1.51. The highest BCUT2D eigenvalue weighted by Crippen LogP contribution is 2.28. The van der Waals surface area contributed by atoms with Crippen molar-refractivity contribution in [2.45, 2.75) is 32.0 Å². The summed E-state index contributed by atoms with van der Waals surface area (Å²) in [5.41, 5.74) is 6.36. The lowest BCUT2D eigenvalue weighted by Gasteiger charge is -2.16. The average molecular weight is 272 g/mol. The summed E-state index contributed by atoms with van der Waals surface area (Å²) < 4.78 is 49.1. The van der Waals surface area contributed by atoms with E-state index in [1.165, 1.54) is 19.1 Å². The lowest BCUT2D eigenvalue weighted by atomic mass is 9.98. The normalized spacial score (nSPS) is 13.1. The van der Waals surface area contributed by atoms with Crippen molar-refractivity contribution in [2.75, 3.05) is 0 Å². The summed E-state index contributed by atoms with van der Waals surface area (Å²) in [7, 11) is 0. The molecule has 1 aromatic carbocycles. The molecule has 17 heavy (non-hydrogen) atoms. The first kappa shape index (κ1) is 16.2. The number of benzene rings is 1. The molecule has 0 bridgehead atoms. The quantitative estimate of drug-likeness (QED) is 0.829. The molecule has 0 aliphatic carbocycles. The number of alkyl halides is 3. The fraction of sp³-hybridized carbons (Fsp3) is 0.455. The Morgan fingerprint density at radius 2 is 1.88 bits per heavy atom. The topological polar surface area (TPSA) is 26.0 Å². The maximum atomic E-state index is 13.1. The Morgan fingerprint density at radius 1 is 1.29 bits per heavy atom. The van der Waals surface area contributed by atoms with Gasteiger partial charge in [0.1, 0.15) is 5.82 Å². The first-order chi connectivity index (χ1) is 7.31. The van der Waals surface area contributed by atoms with Crippen molar-refractivity contribution in [2.24, 2.45) is 5.73 Å². The van der Waals surface area contributed by atoms with E-state index in [9.17, 15) is 17.6 Å². The number of rotatable bonds is 3. The third kappa shape index (κ3) is 4.91. The SMILES string of the molecule is Cc1c(F)cccc1[C@@H](N)CCC(F)(F)F.Cl. The van der Waals surface area contributed by atoms with Crippen LogP contribution >= 0.6 is 12.4 Å². The van der Waals surface area contributed by atoms with E-state index in [0.717, 1.165) is 0 Å². The lowest BCUT2D eigenvalue weighted by molar-refractivity contribution is -0.136. The molecule has 98 valence electrons. The zero-order chi connectivity index (χ0) is 12.3. The van der Waals surface area contributed by atoms with Gasteiger partial charge >= 0.3 is 6.18 Å². The molecule has 0 amide bonds. The van der Waals surface area contributed by atoms with Crippen LogP contribution in [0.1, 0.15) is 30.0 Å². The smallest absolute Gasteiger partial charge is 0.324 e. The molecule has 0 unspecified atom stereocenters. The number of halogens is 5. The first-order valence-electron chi connectivity index (χ1n) is 4.88. The Balaban J connectivity index is 0.00000256. The van der Waals surface area contributed by atoms with E-state index in [2.05, 4.69) is 0 Å². The second-order valence-corrected chi connectivity index (χ2v) is 3.71. The molecule has 2 N–H and O–H groups in total. The van der Waals surface area contributed by atoms with Gasteiger partial charge in [-0.25, -0.2) is 4.39 Å². The summed E-state index contributed by atoms with van der Waals surface area (Å²) >= 11 is 0. The molecule has 0 heterocycles. The van der Waals surface area contributed by atoms with Gasteiger partial charge in [0.05, 0.1) is 0 Å². The van der Waals surface area contributed by atoms with E-state index < -0.39 is 24.5 Å². The Morgan fingerprint density at radius 3 is 2.41 bits per heavy atom. The summed E-state index contributed by atoms with van der Waals surface area (Å²) in [5.74, 6) is -0.444.